The Hall–Kier alpha value is -0.0800. The Balaban J connectivity index is 2.85. The second kappa shape index (κ2) is 15.9. The summed E-state index contributed by atoms with van der Waals surface area (Å²) >= 11 is 0. The summed E-state index contributed by atoms with van der Waals surface area (Å²) in [4.78, 5) is 0. The summed E-state index contributed by atoms with van der Waals surface area (Å²) in [5.74, 6) is 0. The van der Waals surface area contributed by atoms with Gasteiger partial charge in [0, 0.05) is 13.2 Å². The Bertz CT molecular complexity index is 112. The van der Waals surface area contributed by atoms with Gasteiger partial charge >= 0.3 is 0 Å². The fourth-order valence-electron chi connectivity index (χ4n) is 1.88. The van der Waals surface area contributed by atoms with Crippen molar-refractivity contribution < 1.29 is 9.47 Å². The minimum Gasteiger partial charge on any atom is -0.379 e. The number of unbranched alkanes of at least 4 members (excludes halogenated alkanes) is 8. The number of hydrogen-bond donors (Lipinski definition) is 0. The minimum atomic E-state index is 0.744. The molecule has 0 saturated carbocycles. The van der Waals surface area contributed by atoms with E-state index in [1.807, 2.05) is 6.92 Å². The van der Waals surface area contributed by atoms with E-state index in [1.165, 1.54) is 57.8 Å². The van der Waals surface area contributed by atoms with Crippen molar-refractivity contribution in [3.8, 4) is 0 Å². The van der Waals surface area contributed by atoms with Crippen LogP contribution in [0.1, 0.15) is 71.6 Å². The van der Waals surface area contributed by atoms with Crippen LogP contribution in [0, 0.1) is 0 Å². The zero-order chi connectivity index (χ0) is 12.6. The van der Waals surface area contributed by atoms with Crippen LogP contribution in [0.5, 0.6) is 0 Å². The molecular weight excluding hydrogens is 212 g/mol. The molecule has 2 heteroatoms. The van der Waals surface area contributed by atoms with Crippen molar-refractivity contribution in [1.82, 2.24) is 0 Å². The Labute approximate surface area is 108 Å². The maximum atomic E-state index is 5.47. The highest BCUT2D eigenvalue weighted by Crippen LogP contribution is 2.09. The van der Waals surface area contributed by atoms with Gasteiger partial charge in [-0.25, -0.2) is 0 Å². The number of hydrogen-bond acceptors (Lipinski definition) is 2. The first-order chi connectivity index (χ1) is 8.41. The third-order valence-electron chi connectivity index (χ3n) is 2.97. The van der Waals surface area contributed by atoms with E-state index < -0.39 is 0 Å². The Morgan fingerprint density at radius 2 is 1.06 bits per heavy atom. The van der Waals surface area contributed by atoms with Crippen molar-refractivity contribution in [2.75, 3.05) is 26.4 Å². The lowest BCUT2D eigenvalue weighted by molar-refractivity contribution is 0.0512. The van der Waals surface area contributed by atoms with Crippen molar-refractivity contribution in [2.45, 2.75) is 71.6 Å². The first kappa shape index (κ1) is 16.9. The van der Waals surface area contributed by atoms with Crippen LogP contribution in [0.25, 0.3) is 0 Å². The van der Waals surface area contributed by atoms with Gasteiger partial charge in [-0.1, -0.05) is 58.3 Å². The molecule has 2 nitrogen and oxygen atoms in total. The summed E-state index contributed by atoms with van der Waals surface area (Å²) in [5, 5.41) is 0. The number of rotatable bonds is 14. The third kappa shape index (κ3) is 15.9. The van der Waals surface area contributed by atoms with Crippen molar-refractivity contribution >= 4 is 0 Å². The summed E-state index contributed by atoms with van der Waals surface area (Å²) in [5.41, 5.74) is 0. The summed E-state index contributed by atoms with van der Waals surface area (Å²) in [6.45, 7) is 7.48. The zero-order valence-corrected chi connectivity index (χ0v) is 12.0. The lowest BCUT2D eigenvalue weighted by atomic mass is 10.1. The molecule has 0 N–H and O–H groups in total. The summed E-state index contributed by atoms with van der Waals surface area (Å²) in [6.07, 6.45) is 12.3. The highest BCUT2D eigenvalue weighted by Gasteiger charge is 1.92. The first-order valence-corrected chi connectivity index (χ1v) is 7.57. The van der Waals surface area contributed by atoms with Crippen molar-refractivity contribution in [3.63, 3.8) is 0 Å². The molecule has 0 aliphatic carbocycles. The van der Waals surface area contributed by atoms with Gasteiger partial charge < -0.3 is 9.47 Å². The van der Waals surface area contributed by atoms with E-state index in [9.17, 15) is 0 Å². The van der Waals surface area contributed by atoms with Crippen molar-refractivity contribution in [1.29, 1.82) is 0 Å². The summed E-state index contributed by atoms with van der Waals surface area (Å²) < 4.78 is 10.7. The predicted molar refractivity (Wildman–Crippen MR) is 74.5 cm³/mol. The molecule has 0 radical (unpaired) electrons. The van der Waals surface area contributed by atoms with Crippen LogP contribution >= 0.6 is 0 Å². The van der Waals surface area contributed by atoms with Crippen LogP contribution in [0.3, 0.4) is 0 Å². The van der Waals surface area contributed by atoms with Crippen molar-refractivity contribution in [2.24, 2.45) is 0 Å². The Morgan fingerprint density at radius 1 is 0.529 bits per heavy atom. The molecule has 0 aliphatic rings. The molecular formula is C15H32O2. The Morgan fingerprint density at radius 3 is 1.65 bits per heavy atom. The van der Waals surface area contributed by atoms with Crippen LogP contribution in [0.15, 0.2) is 0 Å². The molecule has 0 spiro atoms. The lowest BCUT2D eigenvalue weighted by Gasteiger charge is -2.04. The number of ether oxygens (including phenoxy) is 2. The lowest BCUT2D eigenvalue weighted by Crippen LogP contribution is -2.04. The molecule has 0 bridgehead atoms. The second-order valence-corrected chi connectivity index (χ2v) is 4.64. The van der Waals surface area contributed by atoms with Gasteiger partial charge in [0.2, 0.25) is 0 Å². The SMILES string of the molecule is CCCCCCCCCCCOCCOCC. The molecule has 0 rings (SSSR count). The van der Waals surface area contributed by atoms with Gasteiger partial charge in [-0.2, -0.15) is 0 Å². The van der Waals surface area contributed by atoms with Gasteiger partial charge in [-0.05, 0) is 13.3 Å². The largest absolute Gasteiger partial charge is 0.379 e. The van der Waals surface area contributed by atoms with E-state index in [2.05, 4.69) is 6.92 Å². The average molecular weight is 244 g/mol. The molecule has 0 aromatic carbocycles. The van der Waals surface area contributed by atoms with Crippen LogP contribution in [0.2, 0.25) is 0 Å². The summed E-state index contributed by atoms with van der Waals surface area (Å²) in [6, 6.07) is 0. The normalized spacial score (nSPS) is 10.9. The predicted octanol–water partition coefficient (Wildman–Crippen LogP) is 4.57. The molecule has 17 heavy (non-hydrogen) atoms. The van der Waals surface area contributed by atoms with E-state index in [1.54, 1.807) is 0 Å². The van der Waals surface area contributed by atoms with E-state index >= 15 is 0 Å². The fraction of sp³-hybridized carbons (Fsp3) is 1.00. The second-order valence-electron chi connectivity index (χ2n) is 4.64. The van der Waals surface area contributed by atoms with Gasteiger partial charge in [0.25, 0.3) is 0 Å². The van der Waals surface area contributed by atoms with Gasteiger partial charge in [-0.3, -0.25) is 0 Å². The molecule has 104 valence electrons. The quantitative estimate of drug-likeness (QED) is 0.417. The van der Waals surface area contributed by atoms with Crippen LogP contribution in [-0.2, 0) is 9.47 Å². The topological polar surface area (TPSA) is 18.5 Å². The van der Waals surface area contributed by atoms with Gasteiger partial charge in [0.05, 0.1) is 13.2 Å². The molecule has 0 heterocycles. The van der Waals surface area contributed by atoms with E-state index in [-0.39, 0.29) is 0 Å². The van der Waals surface area contributed by atoms with Crippen LogP contribution in [-0.4, -0.2) is 26.4 Å². The van der Waals surface area contributed by atoms with E-state index in [4.69, 9.17) is 9.47 Å². The van der Waals surface area contributed by atoms with Gasteiger partial charge in [0.15, 0.2) is 0 Å². The Kier molecular flexibility index (Phi) is 15.8. The zero-order valence-electron chi connectivity index (χ0n) is 12.0. The summed E-state index contributed by atoms with van der Waals surface area (Å²) in [7, 11) is 0. The standard InChI is InChI=1S/C15H32O2/c1-3-5-6-7-8-9-10-11-12-13-17-15-14-16-4-2/h3-15H2,1-2H3. The van der Waals surface area contributed by atoms with Crippen LogP contribution < -0.4 is 0 Å². The smallest absolute Gasteiger partial charge is 0.0700 e. The molecule has 0 fully saturated rings. The maximum absolute atomic E-state index is 5.47. The minimum absolute atomic E-state index is 0.744. The highest BCUT2D eigenvalue weighted by molar-refractivity contribution is 4.46. The van der Waals surface area contributed by atoms with E-state index in [0.717, 1.165) is 26.4 Å². The highest BCUT2D eigenvalue weighted by atomic mass is 16.5. The molecule has 0 aliphatic heterocycles. The molecule has 0 aromatic heterocycles. The third-order valence-corrected chi connectivity index (χ3v) is 2.97. The monoisotopic (exact) mass is 244 g/mol. The fourth-order valence-corrected chi connectivity index (χ4v) is 1.88. The molecule has 0 amide bonds. The van der Waals surface area contributed by atoms with Crippen molar-refractivity contribution in [3.05, 3.63) is 0 Å². The van der Waals surface area contributed by atoms with Crippen LogP contribution in [0.4, 0.5) is 0 Å². The molecule has 0 atom stereocenters. The maximum Gasteiger partial charge on any atom is 0.0700 e. The molecule has 0 unspecified atom stereocenters. The average Bonchev–Trinajstić information content (AvgIpc) is 2.35. The van der Waals surface area contributed by atoms with Gasteiger partial charge in [-0.15, -0.1) is 0 Å². The van der Waals surface area contributed by atoms with Gasteiger partial charge in [0.1, 0.15) is 0 Å². The molecule has 0 aromatic rings. The molecule has 0 saturated heterocycles. The van der Waals surface area contributed by atoms with E-state index in [0.29, 0.717) is 0 Å². The first-order valence-electron chi connectivity index (χ1n) is 7.57.